The Kier molecular flexibility index (Phi) is 5.03. The zero-order chi connectivity index (χ0) is 13.3. The van der Waals surface area contributed by atoms with Crippen LogP contribution in [0.1, 0.15) is 73.6 Å². The molecule has 0 nitrogen and oxygen atoms in total. The van der Waals surface area contributed by atoms with Crippen LogP contribution in [0.4, 0.5) is 0 Å². The van der Waals surface area contributed by atoms with Crippen molar-refractivity contribution in [3.8, 4) is 0 Å². The molecular weight excluding hydrogens is 224 g/mol. The third kappa shape index (κ3) is 3.66. The first-order valence-electron chi connectivity index (χ1n) is 7.42. The molecule has 0 radical (unpaired) electrons. The highest BCUT2D eigenvalue weighted by atomic mass is 32.1. The van der Waals surface area contributed by atoms with Crippen molar-refractivity contribution in [3.63, 3.8) is 0 Å². The van der Waals surface area contributed by atoms with Crippen molar-refractivity contribution in [2.45, 2.75) is 78.9 Å². The highest BCUT2D eigenvalue weighted by Gasteiger charge is 2.51. The first-order chi connectivity index (χ1) is 7.74. The average molecular weight is 256 g/mol. The first kappa shape index (κ1) is 15.4. The van der Waals surface area contributed by atoms with E-state index in [2.05, 4.69) is 41.5 Å². The molecule has 102 valence electrons. The molecule has 0 aromatic carbocycles. The van der Waals surface area contributed by atoms with Gasteiger partial charge in [-0.15, -0.1) is 0 Å². The molecule has 0 saturated heterocycles. The molecule has 0 spiro atoms. The normalized spacial score (nSPS) is 22.6. The summed E-state index contributed by atoms with van der Waals surface area (Å²) < 4.78 is 0. The van der Waals surface area contributed by atoms with Crippen LogP contribution in [0.5, 0.6) is 0 Å². The molecule has 0 N–H and O–H groups in total. The fraction of sp³-hybridized carbons (Fsp3) is 1.00. The first-order valence-corrected chi connectivity index (χ1v) is 7.93. The van der Waals surface area contributed by atoms with Crippen LogP contribution in [0, 0.1) is 22.7 Å². The predicted molar refractivity (Wildman–Crippen MR) is 81.7 cm³/mol. The molecule has 1 heteroatoms. The van der Waals surface area contributed by atoms with Gasteiger partial charge >= 0.3 is 0 Å². The van der Waals surface area contributed by atoms with Crippen molar-refractivity contribution >= 4 is 12.6 Å². The summed E-state index contributed by atoms with van der Waals surface area (Å²) in [4.78, 5) is 0. The molecule has 1 aliphatic rings. The minimum atomic E-state index is 0.444. The Bertz CT molecular complexity index is 238. The van der Waals surface area contributed by atoms with E-state index in [1.807, 2.05) is 0 Å². The summed E-state index contributed by atoms with van der Waals surface area (Å²) in [7, 11) is 0. The van der Waals surface area contributed by atoms with Crippen molar-refractivity contribution in [2.75, 3.05) is 0 Å². The maximum absolute atomic E-state index is 4.81. The second kappa shape index (κ2) is 5.55. The average Bonchev–Trinajstić information content (AvgIpc) is 2.94. The van der Waals surface area contributed by atoms with Crippen molar-refractivity contribution in [2.24, 2.45) is 22.7 Å². The van der Waals surface area contributed by atoms with Gasteiger partial charge in [-0.05, 0) is 48.3 Å². The summed E-state index contributed by atoms with van der Waals surface area (Å²) in [6.45, 7) is 14.5. The fourth-order valence-electron chi connectivity index (χ4n) is 3.16. The number of thiol groups is 1. The van der Waals surface area contributed by atoms with E-state index in [0.717, 1.165) is 11.8 Å². The van der Waals surface area contributed by atoms with Gasteiger partial charge in [0.1, 0.15) is 0 Å². The van der Waals surface area contributed by atoms with Crippen molar-refractivity contribution in [3.05, 3.63) is 0 Å². The summed E-state index contributed by atoms with van der Waals surface area (Å²) in [5.74, 6) is 1.59. The van der Waals surface area contributed by atoms with Crippen LogP contribution in [0.2, 0.25) is 0 Å². The lowest BCUT2D eigenvalue weighted by atomic mass is 9.63. The Morgan fingerprint density at radius 3 is 2.12 bits per heavy atom. The minimum Gasteiger partial charge on any atom is -0.176 e. The van der Waals surface area contributed by atoms with Crippen LogP contribution in [0.25, 0.3) is 0 Å². The summed E-state index contributed by atoms with van der Waals surface area (Å²) in [6, 6.07) is 0. The Hall–Kier alpha value is 0.350. The molecule has 2 unspecified atom stereocenters. The van der Waals surface area contributed by atoms with Crippen molar-refractivity contribution in [1.29, 1.82) is 0 Å². The Labute approximate surface area is 114 Å². The lowest BCUT2D eigenvalue weighted by Crippen LogP contribution is -2.36. The largest absolute Gasteiger partial charge is 0.176 e. The van der Waals surface area contributed by atoms with Gasteiger partial charge in [0.15, 0.2) is 0 Å². The molecule has 0 aromatic rings. The molecule has 1 fully saturated rings. The summed E-state index contributed by atoms with van der Waals surface area (Å²) in [6.07, 6.45) is 6.70. The molecule has 0 bridgehead atoms. The number of hydrogen-bond acceptors (Lipinski definition) is 1. The van der Waals surface area contributed by atoms with Gasteiger partial charge in [-0.3, -0.25) is 0 Å². The van der Waals surface area contributed by atoms with Gasteiger partial charge in [0.2, 0.25) is 0 Å². The van der Waals surface area contributed by atoms with Gasteiger partial charge in [-0.1, -0.05) is 48.0 Å². The van der Waals surface area contributed by atoms with E-state index in [1.165, 1.54) is 32.1 Å². The van der Waals surface area contributed by atoms with Gasteiger partial charge in [-0.2, -0.15) is 12.6 Å². The predicted octanol–water partition coefficient (Wildman–Crippen LogP) is 5.57. The van der Waals surface area contributed by atoms with Gasteiger partial charge < -0.3 is 0 Å². The summed E-state index contributed by atoms with van der Waals surface area (Å²) >= 11 is 4.81. The van der Waals surface area contributed by atoms with Crippen LogP contribution >= 0.6 is 12.6 Å². The van der Waals surface area contributed by atoms with Crippen molar-refractivity contribution in [1.82, 2.24) is 0 Å². The van der Waals surface area contributed by atoms with E-state index in [1.54, 1.807) is 0 Å². The highest BCUT2D eigenvalue weighted by molar-refractivity contribution is 7.80. The molecule has 1 aliphatic carbocycles. The highest BCUT2D eigenvalue weighted by Crippen LogP contribution is 2.60. The lowest BCUT2D eigenvalue weighted by Gasteiger charge is -2.43. The van der Waals surface area contributed by atoms with Gasteiger partial charge in [-0.25, -0.2) is 0 Å². The smallest absolute Gasteiger partial charge is 0.00197 e. The second-order valence-corrected chi connectivity index (χ2v) is 8.09. The summed E-state index contributed by atoms with van der Waals surface area (Å²) in [5.41, 5.74) is 1.06. The molecule has 17 heavy (non-hydrogen) atoms. The molecule has 0 amide bonds. The third-order valence-corrected chi connectivity index (χ3v) is 5.86. The van der Waals surface area contributed by atoms with Gasteiger partial charge in [0, 0.05) is 5.25 Å². The maximum Gasteiger partial charge on any atom is 0.00197 e. The SMILES string of the molecule is CCCC(S)CC(C1(C)CC1)C(C)(C)C(C)C. The molecular formula is C16H32S. The molecule has 0 heterocycles. The molecule has 1 rings (SSSR count). The Balaban J connectivity index is 2.75. The van der Waals surface area contributed by atoms with Crippen LogP contribution in [0.15, 0.2) is 0 Å². The van der Waals surface area contributed by atoms with Crippen LogP contribution in [-0.2, 0) is 0 Å². The topological polar surface area (TPSA) is 0 Å². The van der Waals surface area contributed by atoms with E-state index >= 15 is 0 Å². The molecule has 1 saturated carbocycles. The minimum absolute atomic E-state index is 0.444. The molecule has 0 aromatic heterocycles. The van der Waals surface area contributed by atoms with Gasteiger partial charge in [0.05, 0.1) is 0 Å². The number of hydrogen-bond donors (Lipinski definition) is 1. The lowest BCUT2D eigenvalue weighted by molar-refractivity contribution is 0.0704. The van der Waals surface area contributed by atoms with E-state index < -0.39 is 0 Å². The summed E-state index contributed by atoms with van der Waals surface area (Å²) in [5, 5.41) is 0.598. The van der Waals surface area contributed by atoms with Gasteiger partial charge in [0.25, 0.3) is 0 Å². The molecule has 0 aliphatic heterocycles. The van der Waals surface area contributed by atoms with E-state index in [4.69, 9.17) is 12.6 Å². The van der Waals surface area contributed by atoms with Crippen LogP contribution < -0.4 is 0 Å². The van der Waals surface area contributed by atoms with Crippen LogP contribution in [0.3, 0.4) is 0 Å². The van der Waals surface area contributed by atoms with E-state index in [9.17, 15) is 0 Å². The van der Waals surface area contributed by atoms with E-state index in [0.29, 0.717) is 16.1 Å². The van der Waals surface area contributed by atoms with E-state index in [-0.39, 0.29) is 0 Å². The van der Waals surface area contributed by atoms with Crippen molar-refractivity contribution < 1.29 is 0 Å². The monoisotopic (exact) mass is 256 g/mol. The van der Waals surface area contributed by atoms with Crippen LogP contribution in [-0.4, -0.2) is 5.25 Å². The third-order valence-electron chi connectivity index (χ3n) is 5.40. The Morgan fingerprint density at radius 1 is 1.24 bits per heavy atom. The molecule has 2 atom stereocenters. The standard InChI is InChI=1S/C16H32S/c1-7-8-13(17)11-14(16(6)9-10-16)15(4,5)12(2)3/h12-14,17H,7-11H2,1-6H3. The Morgan fingerprint density at radius 2 is 1.76 bits per heavy atom. The second-order valence-electron chi connectivity index (χ2n) is 7.36. The zero-order valence-electron chi connectivity index (χ0n) is 12.7. The number of rotatable bonds is 7. The maximum atomic E-state index is 4.81. The quantitative estimate of drug-likeness (QED) is 0.565. The fourth-order valence-corrected chi connectivity index (χ4v) is 3.63. The zero-order valence-corrected chi connectivity index (χ0v) is 13.6.